The van der Waals surface area contributed by atoms with Crippen LogP contribution < -0.4 is 10.2 Å². The fourth-order valence-electron chi connectivity index (χ4n) is 3.44. The number of piperidine rings is 1. The first-order valence-corrected chi connectivity index (χ1v) is 8.62. The van der Waals surface area contributed by atoms with E-state index in [1.54, 1.807) is 0 Å². The van der Waals surface area contributed by atoms with Gasteiger partial charge in [-0.25, -0.2) is 9.97 Å². The van der Waals surface area contributed by atoms with Gasteiger partial charge < -0.3 is 14.8 Å². The van der Waals surface area contributed by atoms with E-state index >= 15 is 0 Å². The van der Waals surface area contributed by atoms with Crippen molar-refractivity contribution in [2.24, 2.45) is 7.05 Å². The number of nitrogens with zero attached hydrogens (tertiary/aromatic N) is 4. The van der Waals surface area contributed by atoms with E-state index in [1.807, 2.05) is 13.1 Å². The van der Waals surface area contributed by atoms with Gasteiger partial charge in [-0.05, 0) is 37.5 Å². The van der Waals surface area contributed by atoms with Crippen molar-refractivity contribution in [2.45, 2.75) is 19.3 Å². The number of anilines is 2. The van der Waals surface area contributed by atoms with Crippen LogP contribution in [0, 0.1) is 0 Å². The van der Waals surface area contributed by atoms with Crippen LogP contribution in [0.15, 0.2) is 36.5 Å². The first-order valence-electron chi connectivity index (χ1n) is 8.62. The van der Waals surface area contributed by atoms with Crippen LogP contribution in [0.1, 0.15) is 19.3 Å². The van der Waals surface area contributed by atoms with E-state index in [-0.39, 0.29) is 0 Å². The van der Waals surface area contributed by atoms with Crippen LogP contribution in [0.5, 0.6) is 0 Å². The van der Waals surface area contributed by atoms with Crippen molar-refractivity contribution in [1.82, 2.24) is 14.5 Å². The molecule has 1 aliphatic rings. The molecular weight excluding hydrogens is 298 g/mol. The maximum absolute atomic E-state index is 4.97. The van der Waals surface area contributed by atoms with Gasteiger partial charge >= 0.3 is 0 Å². The molecule has 0 aliphatic carbocycles. The average Bonchev–Trinajstić information content (AvgIpc) is 3.03. The predicted octanol–water partition coefficient (Wildman–Crippen LogP) is 3.67. The van der Waals surface area contributed by atoms with E-state index in [9.17, 15) is 0 Å². The summed E-state index contributed by atoms with van der Waals surface area (Å²) < 4.78 is 2.13. The van der Waals surface area contributed by atoms with Gasteiger partial charge in [0.05, 0.1) is 5.52 Å². The lowest BCUT2D eigenvalue weighted by Gasteiger charge is -2.28. The molecule has 0 atom stereocenters. The zero-order chi connectivity index (χ0) is 16.5. The molecule has 5 nitrogen and oxygen atoms in total. The molecule has 0 saturated carbocycles. The molecule has 24 heavy (non-hydrogen) atoms. The second-order valence-electron chi connectivity index (χ2n) is 6.41. The highest BCUT2D eigenvalue weighted by atomic mass is 15.2. The van der Waals surface area contributed by atoms with Gasteiger partial charge in [0.1, 0.15) is 5.52 Å². The van der Waals surface area contributed by atoms with E-state index in [0.717, 1.165) is 47.0 Å². The third-order valence-electron chi connectivity index (χ3n) is 4.77. The van der Waals surface area contributed by atoms with E-state index in [4.69, 9.17) is 9.97 Å². The van der Waals surface area contributed by atoms with Gasteiger partial charge in [0.2, 0.25) is 0 Å². The van der Waals surface area contributed by atoms with Crippen LogP contribution >= 0.6 is 0 Å². The summed E-state index contributed by atoms with van der Waals surface area (Å²) in [5, 5.41) is 3.19. The van der Waals surface area contributed by atoms with Crippen molar-refractivity contribution in [3.05, 3.63) is 36.5 Å². The summed E-state index contributed by atoms with van der Waals surface area (Å²) in [6, 6.07) is 10.3. The fourth-order valence-corrected chi connectivity index (χ4v) is 3.44. The monoisotopic (exact) mass is 321 g/mol. The Morgan fingerprint density at radius 1 is 1.04 bits per heavy atom. The largest absolute Gasteiger partial charge is 0.388 e. The molecule has 1 N–H and O–H groups in total. The van der Waals surface area contributed by atoms with E-state index in [2.05, 4.69) is 52.3 Å². The quantitative estimate of drug-likeness (QED) is 0.799. The number of nitrogens with one attached hydrogen (secondary N) is 1. The zero-order valence-corrected chi connectivity index (χ0v) is 14.3. The summed E-state index contributed by atoms with van der Waals surface area (Å²) >= 11 is 0. The van der Waals surface area contributed by atoms with Crippen molar-refractivity contribution < 1.29 is 0 Å². The SMILES string of the molecule is CNc1cccc(-c2nc(N3CCCCC3)c3c(ccn3C)n2)c1. The standard InChI is InChI=1S/C19H23N5/c1-20-15-8-6-7-14(13-15)18-21-16-9-12-23(2)17(16)19(22-18)24-10-4-3-5-11-24/h6-9,12-13,20H,3-5,10-11H2,1-2H3. The molecule has 4 rings (SSSR count). The first kappa shape index (κ1) is 15.0. The lowest BCUT2D eigenvalue weighted by molar-refractivity contribution is 0.574. The molecule has 5 heteroatoms. The smallest absolute Gasteiger partial charge is 0.162 e. The summed E-state index contributed by atoms with van der Waals surface area (Å²) in [5.41, 5.74) is 4.26. The highest BCUT2D eigenvalue weighted by Crippen LogP contribution is 2.30. The minimum atomic E-state index is 0.798. The molecule has 3 heterocycles. The lowest BCUT2D eigenvalue weighted by atomic mass is 10.1. The van der Waals surface area contributed by atoms with Gasteiger partial charge in [-0.3, -0.25) is 0 Å². The second kappa shape index (κ2) is 6.15. The molecule has 0 amide bonds. The Labute approximate surface area is 142 Å². The second-order valence-corrected chi connectivity index (χ2v) is 6.41. The Morgan fingerprint density at radius 3 is 2.67 bits per heavy atom. The minimum absolute atomic E-state index is 0.798. The zero-order valence-electron chi connectivity index (χ0n) is 14.3. The molecule has 1 fully saturated rings. The number of aryl methyl sites for hydroxylation is 1. The molecule has 0 spiro atoms. The fraction of sp³-hybridized carbons (Fsp3) is 0.368. The molecular formula is C19H23N5. The molecule has 2 aromatic heterocycles. The van der Waals surface area contributed by atoms with Crippen LogP contribution in [0.4, 0.5) is 11.5 Å². The molecule has 3 aromatic rings. The summed E-state index contributed by atoms with van der Waals surface area (Å²) in [6.07, 6.45) is 5.86. The van der Waals surface area contributed by atoms with Gasteiger partial charge in [0.25, 0.3) is 0 Å². The molecule has 1 aliphatic heterocycles. The van der Waals surface area contributed by atoms with E-state index < -0.39 is 0 Å². The number of fused-ring (bicyclic) bond motifs is 1. The van der Waals surface area contributed by atoms with Crippen molar-refractivity contribution >= 4 is 22.5 Å². The number of hydrogen-bond donors (Lipinski definition) is 1. The molecule has 1 aromatic carbocycles. The topological polar surface area (TPSA) is 46.0 Å². The Balaban J connectivity index is 1.87. The predicted molar refractivity (Wildman–Crippen MR) is 99.6 cm³/mol. The maximum Gasteiger partial charge on any atom is 0.162 e. The van der Waals surface area contributed by atoms with E-state index in [1.165, 1.54) is 19.3 Å². The van der Waals surface area contributed by atoms with Crippen LogP contribution in [-0.4, -0.2) is 34.7 Å². The summed E-state index contributed by atoms with van der Waals surface area (Å²) in [6.45, 7) is 2.15. The highest BCUT2D eigenvalue weighted by molar-refractivity contribution is 5.89. The molecule has 124 valence electrons. The van der Waals surface area contributed by atoms with Crippen LogP contribution in [-0.2, 0) is 7.05 Å². The average molecular weight is 321 g/mol. The normalized spacial score (nSPS) is 15.0. The molecule has 0 bridgehead atoms. The van der Waals surface area contributed by atoms with Crippen molar-refractivity contribution in [2.75, 3.05) is 30.4 Å². The lowest BCUT2D eigenvalue weighted by Crippen LogP contribution is -2.30. The van der Waals surface area contributed by atoms with Crippen LogP contribution in [0.2, 0.25) is 0 Å². The molecule has 0 unspecified atom stereocenters. The van der Waals surface area contributed by atoms with Crippen molar-refractivity contribution in [3.63, 3.8) is 0 Å². The summed E-state index contributed by atoms with van der Waals surface area (Å²) in [7, 11) is 4.00. The Kier molecular flexibility index (Phi) is 3.84. The van der Waals surface area contributed by atoms with Gasteiger partial charge in [-0.15, -0.1) is 0 Å². The Morgan fingerprint density at radius 2 is 1.88 bits per heavy atom. The van der Waals surface area contributed by atoms with Crippen LogP contribution in [0.3, 0.4) is 0 Å². The van der Waals surface area contributed by atoms with Crippen molar-refractivity contribution in [1.29, 1.82) is 0 Å². The molecule has 1 saturated heterocycles. The minimum Gasteiger partial charge on any atom is -0.388 e. The Hall–Kier alpha value is -2.56. The van der Waals surface area contributed by atoms with Gasteiger partial charge in [0, 0.05) is 44.6 Å². The summed E-state index contributed by atoms with van der Waals surface area (Å²) in [5.74, 6) is 1.86. The van der Waals surface area contributed by atoms with Gasteiger partial charge in [0.15, 0.2) is 11.6 Å². The van der Waals surface area contributed by atoms with Gasteiger partial charge in [-0.2, -0.15) is 0 Å². The van der Waals surface area contributed by atoms with Gasteiger partial charge in [-0.1, -0.05) is 12.1 Å². The number of aromatic nitrogens is 3. The van der Waals surface area contributed by atoms with Crippen molar-refractivity contribution in [3.8, 4) is 11.4 Å². The Bertz CT molecular complexity index is 861. The summed E-state index contributed by atoms with van der Waals surface area (Å²) in [4.78, 5) is 12.2. The first-order chi connectivity index (χ1) is 11.8. The third kappa shape index (κ3) is 2.60. The highest BCUT2D eigenvalue weighted by Gasteiger charge is 2.19. The third-order valence-corrected chi connectivity index (χ3v) is 4.77. The van der Waals surface area contributed by atoms with E-state index in [0.29, 0.717) is 0 Å². The van der Waals surface area contributed by atoms with Crippen LogP contribution in [0.25, 0.3) is 22.4 Å². The number of hydrogen-bond acceptors (Lipinski definition) is 4. The number of rotatable bonds is 3. The maximum atomic E-state index is 4.97. The molecule has 0 radical (unpaired) electrons. The number of benzene rings is 1.